The molecular weight excluding hydrogens is 147 g/mol. The van der Waals surface area contributed by atoms with E-state index in [4.69, 9.17) is 4.52 Å². The van der Waals surface area contributed by atoms with E-state index in [9.17, 15) is 4.57 Å². The summed E-state index contributed by atoms with van der Waals surface area (Å²) in [5, 5.41) is 0. The minimum absolute atomic E-state index is 0.368. The van der Waals surface area contributed by atoms with E-state index in [0.717, 1.165) is 0 Å². The van der Waals surface area contributed by atoms with Crippen LogP contribution in [-0.4, -0.2) is 12.8 Å². The molecule has 0 aliphatic carbocycles. The molecule has 0 aromatic heterocycles. The summed E-state index contributed by atoms with van der Waals surface area (Å²) < 4.78 is 15.6. The van der Waals surface area contributed by atoms with Crippen LogP contribution in [0, 0.1) is 0 Å². The van der Waals surface area contributed by atoms with Crippen molar-refractivity contribution in [2.75, 3.05) is 12.8 Å². The summed E-state index contributed by atoms with van der Waals surface area (Å²) in [5.41, 5.74) is 0. The van der Waals surface area contributed by atoms with Gasteiger partial charge in [-0.3, -0.25) is 0 Å². The Bertz CT molecular complexity index is 141. The number of hydrogen-bond donors (Lipinski definition) is 0. The van der Waals surface area contributed by atoms with Crippen molar-refractivity contribution >= 4 is 8.03 Å². The van der Waals surface area contributed by atoms with Gasteiger partial charge in [0.1, 0.15) is 6.61 Å². The first-order valence-corrected chi connectivity index (χ1v) is 4.47. The second kappa shape index (κ2) is 6.66. The molecule has 1 atom stereocenters. The van der Waals surface area contributed by atoms with Crippen LogP contribution in [0.15, 0.2) is 24.8 Å². The van der Waals surface area contributed by atoms with Gasteiger partial charge in [0.15, 0.2) is 6.16 Å². The Kier molecular flexibility index (Phi) is 6.35. The Labute approximate surface area is 62.5 Å². The van der Waals surface area contributed by atoms with Crippen LogP contribution >= 0.6 is 8.03 Å². The smallest absolute Gasteiger partial charge is 0.142 e. The van der Waals surface area contributed by atoms with Gasteiger partial charge in [-0.2, -0.15) is 0 Å². The van der Waals surface area contributed by atoms with Gasteiger partial charge in [-0.05, 0) is 17.6 Å². The van der Waals surface area contributed by atoms with Gasteiger partial charge in [-0.25, -0.2) is 0 Å². The predicted octanol–water partition coefficient (Wildman–Crippen LogP) is 2.51. The molecule has 0 amide bonds. The van der Waals surface area contributed by atoms with Gasteiger partial charge in [0.2, 0.25) is 0 Å². The third-order valence-corrected chi connectivity index (χ3v) is 1.77. The lowest BCUT2D eigenvalue weighted by atomic mass is 10.6. The van der Waals surface area contributed by atoms with Crippen LogP contribution in [0.25, 0.3) is 0 Å². The van der Waals surface area contributed by atoms with Crippen molar-refractivity contribution in [1.82, 2.24) is 0 Å². The maximum Gasteiger partial charge on any atom is 0.512 e. The lowest BCUT2D eigenvalue weighted by Gasteiger charge is -1.79. The molecule has 2 nitrogen and oxygen atoms in total. The average Bonchev–Trinajstić information content (AvgIpc) is 1.97. The second-order valence-corrected chi connectivity index (χ2v) is 2.96. The molecule has 0 saturated carbocycles. The van der Waals surface area contributed by atoms with E-state index in [2.05, 4.69) is 6.58 Å². The zero-order valence-electron chi connectivity index (χ0n) is 6.12. The van der Waals surface area contributed by atoms with E-state index in [0.29, 0.717) is 12.8 Å². The van der Waals surface area contributed by atoms with Crippen molar-refractivity contribution in [2.24, 2.45) is 0 Å². The summed E-state index contributed by atoms with van der Waals surface area (Å²) in [7, 11) is -1.50. The number of rotatable bonds is 5. The average molecular weight is 159 g/mol. The van der Waals surface area contributed by atoms with Crippen LogP contribution in [0.3, 0.4) is 0 Å². The monoisotopic (exact) mass is 159 g/mol. The molecule has 0 bridgehead atoms. The molecule has 0 spiro atoms. The van der Waals surface area contributed by atoms with Crippen LogP contribution in [0.2, 0.25) is 0 Å². The van der Waals surface area contributed by atoms with Crippen molar-refractivity contribution in [2.45, 2.75) is 6.92 Å². The van der Waals surface area contributed by atoms with E-state index in [-0.39, 0.29) is 0 Å². The second-order valence-electron chi connectivity index (χ2n) is 1.67. The molecule has 10 heavy (non-hydrogen) atoms. The Balaban J connectivity index is 3.34. The van der Waals surface area contributed by atoms with Crippen LogP contribution < -0.4 is 0 Å². The molecule has 0 saturated heterocycles. The molecule has 0 fully saturated rings. The normalized spacial score (nSPS) is 11.9. The topological polar surface area (TPSA) is 26.3 Å². The molecule has 0 radical (unpaired) electrons. The van der Waals surface area contributed by atoms with Gasteiger partial charge in [0, 0.05) is 0 Å². The van der Waals surface area contributed by atoms with Crippen LogP contribution in [0.5, 0.6) is 0 Å². The zero-order valence-corrected chi connectivity index (χ0v) is 7.01. The quantitative estimate of drug-likeness (QED) is 0.455. The fourth-order valence-electron chi connectivity index (χ4n) is 0.380. The van der Waals surface area contributed by atoms with Crippen LogP contribution in [0.1, 0.15) is 6.92 Å². The summed E-state index contributed by atoms with van der Waals surface area (Å²) in [5.74, 6) is 0. The predicted molar refractivity (Wildman–Crippen MR) is 43.4 cm³/mol. The highest BCUT2D eigenvalue weighted by Crippen LogP contribution is 2.21. The Morgan fingerprint density at radius 2 is 2.40 bits per heavy atom. The summed E-state index contributed by atoms with van der Waals surface area (Å²) in [6, 6.07) is 0. The minimum atomic E-state index is -1.50. The van der Waals surface area contributed by atoms with Gasteiger partial charge >= 0.3 is 8.03 Å². The molecule has 56 valence electrons. The van der Waals surface area contributed by atoms with E-state index in [1.807, 2.05) is 19.1 Å². The summed E-state index contributed by atoms with van der Waals surface area (Å²) in [6.45, 7) is 5.69. The molecule has 0 aromatic rings. The van der Waals surface area contributed by atoms with Gasteiger partial charge in [-0.1, -0.05) is 12.2 Å². The lowest BCUT2D eigenvalue weighted by molar-refractivity contribution is 0.373. The zero-order chi connectivity index (χ0) is 7.82. The van der Waals surface area contributed by atoms with Crippen molar-refractivity contribution in [3.8, 4) is 0 Å². The van der Waals surface area contributed by atoms with Crippen molar-refractivity contribution in [3.63, 3.8) is 0 Å². The van der Waals surface area contributed by atoms with E-state index in [1.54, 1.807) is 6.08 Å². The first-order chi connectivity index (χ1) is 4.81. The molecule has 0 aromatic carbocycles. The van der Waals surface area contributed by atoms with Gasteiger partial charge in [-0.15, -0.1) is 11.1 Å². The van der Waals surface area contributed by atoms with Gasteiger partial charge in [0.05, 0.1) is 0 Å². The summed E-state index contributed by atoms with van der Waals surface area (Å²) in [6.07, 6.45) is 5.76. The standard InChI is InChI=1S/C7H12O2P/c1-3-5-7-10(8)9-6-4-2/h3-5H,2,6-7H2,1H3/q+1. The third kappa shape index (κ3) is 5.67. The molecule has 0 heterocycles. The molecule has 0 aliphatic heterocycles. The highest BCUT2D eigenvalue weighted by Gasteiger charge is 2.11. The van der Waals surface area contributed by atoms with Gasteiger partial charge < -0.3 is 0 Å². The fraction of sp³-hybridized carbons (Fsp3) is 0.429. The molecule has 0 aliphatic rings. The Hall–Kier alpha value is -0.460. The number of allylic oxidation sites excluding steroid dienone is 2. The minimum Gasteiger partial charge on any atom is -0.142 e. The Morgan fingerprint density at radius 1 is 1.70 bits per heavy atom. The first-order valence-electron chi connectivity index (χ1n) is 3.11. The molecule has 3 heteroatoms. The lowest BCUT2D eigenvalue weighted by Crippen LogP contribution is -1.80. The van der Waals surface area contributed by atoms with Crippen molar-refractivity contribution < 1.29 is 9.09 Å². The van der Waals surface area contributed by atoms with Crippen molar-refractivity contribution in [1.29, 1.82) is 0 Å². The highest BCUT2D eigenvalue weighted by atomic mass is 31.1. The van der Waals surface area contributed by atoms with Gasteiger partial charge in [0.25, 0.3) is 0 Å². The SMILES string of the molecule is C=CCO[P+](=O)CC=CC. The van der Waals surface area contributed by atoms with E-state index in [1.165, 1.54) is 0 Å². The molecule has 1 unspecified atom stereocenters. The summed E-state index contributed by atoms with van der Waals surface area (Å²) >= 11 is 0. The van der Waals surface area contributed by atoms with Crippen molar-refractivity contribution in [3.05, 3.63) is 24.8 Å². The van der Waals surface area contributed by atoms with E-state index < -0.39 is 8.03 Å². The number of hydrogen-bond acceptors (Lipinski definition) is 2. The Morgan fingerprint density at radius 3 is 2.90 bits per heavy atom. The first kappa shape index (κ1) is 9.54. The molecule has 0 rings (SSSR count). The fourth-order valence-corrected chi connectivity index (χ4v) is 1.14. The van der Waals surface area contributed by atoms with Crippen LogP contribution in [0.4, 0.5) is 0 Å². The maximum absolute atomic E-state index is 10.8. The largest absolute Gasteiger partial charge is 0.512 e. The van der Waals surface area contributed by atoms with E-state index >= 15 is 0 Å². The highest BCUT2D eigenvalue weighted by molar-refractivity contribution is 7.39. The maximum atomic E-state index is 10.8. The third-order valence-electron chi connectivity index (χ3n) is 0.827. The summed E-state index contributed by atoms with van der Waals surface area (Å²) in [4.78, 5) is 0. The molecule has 0 N–H and O–H groups in total. The van der Waals surface area contributed by atoms with Crippen LogP contribution in [-0.2, 0) is 9.09 Å². The molecular formula is C7H12O2P+.